The van der Waals surface area contributed by atoms with E-state index in [4.69, 9.17) is 15.2 Å². The van der Waals surface area contributed by atoms with Crippen LogP contribution in [0.1, 0.15) is 52.4 Å². The number of methoxy groups -OCH3 is 1. The van der Waals surface area contributed by atoms with Gasteiger partial charge in [0.05, 0.1) is 5.60 Å². The van der Waals surface area contributed by atoms with Gasteiger partial charge in [-0.1, -0.05) is 13.3 Å². The third-order valence-corrected chi connectivity index (χ3v) is 4.59. The van der Waals surface area contributed by atoms with Crippen LogP contribution >= 0.6 is 0 Å². The van der Waals surface area contributed by atoms with E-state index in [1.54, 1.807) is 7.11 Å². The second-order valence-corrected chi connectivity index (χ2v) is 6.14. The molecule has 1 aliphatic rings. The Morgan fingerprint density at radius 3 is 2.62 bits per heavy atom. The summed E-state index contributed by atoms with van der Waals surface area (Å²) in [6, 6.07) is 0. The Bertz CT molecular complexity index is 302. The fourth-order valence-corrected chi connectivity index (χ4v) is 2.98. The van der Waals surface area contributed by atoms with Gasteiger partial charge in [-0.3, -0.25) is 4.79 Å². The molecule has 0 spiro atoms. The lowest BCUT2D eigenvalue weighted by atomic mass is 9.77. The van der Waals surface area contributed by atoms with Gasteiger partial charge in [-0.2, -0.15) is 0 Å². The number of carbonyl (C=O) groups excluding carboxylic acids is 1. The Balaban J connectivity index is 2.39. The molecule has 5 heteroatoms. The molecule has 1 unspecified atom stereocenters. The van der Waals surface area contributed by atoms with Crippen LogP contribution in [0.3, 0.4) is 0 Å². The van der Waals surface area contributed by atoms with E-state index in [-0.39, 0.29) is 11.5 Å². The minimum absolute atomic E-state index is 0.0588. The summed E-state index contributed by atoms with van der Waals surface area (Å²) < 4.78 is 11.0. The van der Waals surface area contributed by atoms with Crippen LogP contribution in [-0.4, -0.2) is 44.4 Å². The highest BCUT2D eigenvalue weighted by molar-refractivity contribution is 5.80. The van der Waals surface area contributed by atoms with Crippen LogP contribution in [0.2, 0.25) is 0 Å². The largest absolute Gasteiger partial charge is 0.385 e. The number of amides is 1. The molecule has 0 aromatic carbocycles. The normalized spacial score (nSPS) is 27.3. The number of carbonyl (C=O) groups is 1. The summed E-state index contributed by atoms with van der Waals surface area (Å²) >= 11 is 0. The molecule has 0 aromatic rings. The number of hydrogen-bond donors (Lipinski definition) is 2. The zero-order chi connectivity index (χ0) is 15.7. The van der Waals surface area contributed by atoms with Gasteiger partial charge in [-0.05, 0) is 44.9 Å². The number of ether oxygens (including phenoxy) is 2. The summed E-state index contributed by atoms with van der Waals surface area (Å²) in [5, 5.41) is 2.88. The second-order valence-electron chi connectivity index (χ2n) is 6.14. The lowest BCUT2D eigenvalue weighted by molar-refractivity contribution is -0.150. The van der Waals surface area contributed by atoms with Crippen LogP contribution in [0.25, 0.3) is 0 Å². The highest BCUT2D eigenvalue weighted by Gasteiger charge is 2.37. The summed E-state index contributed by atoms with van der Waals surface area (Å²) in [5.41, 5.74) is 5.63. The molecule has 0 aliphatic heterocycles. The van der Waals surface area contributed by atoms with Gasteiger partial charge in [0.15, 0.2) is 0 Å². The lowest BCUT2D eigenvalue weighted by Gasteiger charge is -2.40. The third-order valence-electron chi connectivity index (χ3n) is 4.59. The fraction of sp³-hybridized carbons (Fsp3) is 0.938. The number of hydrogen-bond acceptors (Lipinski definition) is 4. The molecule has 1 rings (SSSR count). The Hall–Kier alpha value is -0.650. The number of nitrogens with one attached hydrogen (secondary N) is 1. The summed E-state index contributed by atoms with van der Waals surface area (Å²) in [7, 11) is 1.66. The average Bonchev–Trinajstić information content (AvgIpc) is 2.52. The average molecular weight is 300 g/mol. The van der Waals surface area contributed by atoms with E-state index in [1.807, 2.05) is 6.92 Å². The van der Waals surface area contributed by atoms with E-state index >= 15 is 0 Å². The molecular weight excluding hydrogens is 268 g/mol. The predicted molar refractivity (Wildman–Crippen MR) is 84.1 cm³/mol. The van der Waals surface area contributed by atoms with Gasteiger partial charge in [0.1, 0.15) is 6.10 Å². The molecule has 1 aliphatic carbocycles. The molecule has 1 fully saturated rings. The molecule has 0 bridgehead atoms. The van der Waals surface area contributed by atoms with Crippen molar-refractivity contribution in [3.8, 4) is 0 Å². The van der Waals surface area contributed by atoms with E-state index in [0.717, 1.165) is 38.0 Å². The van der Waals surface area contributed by atoms with Crippen molar-refractivity contribution in [1.82, 2.24) is 5.32 Å². The topological polar surface area (TPSA) is 73.6 Å². The quantitative estimate of drug-likeness (QED) is 0.637. The van der Waals surface area contributed by atoms with E-state index in [0.29, 0.717) is 19.7 Å². The summed E-state index contributed by atoms with van der Waals surface area (Å²) in [5.74, 6) is 0.725. The van der Waals surface area contributed by atoms with Crippen molar-refractivity contribution in [3.05, 3.63) is 0 Å². The fourth-order valence-electron chi connectivity index (χ4n) is 2.98. The molecule has 124 valence electrons. The standard InChI is InChI=1S/C16H32N2O3/c1-4-14-6-8-16(12-17,9-7-14)21-13(2)15(19)18-10-5-11-20-3/h13-14H,4-12,17H2,1-3H3,(H,18,19). The molecule has 1 atom stereocenters. The van der Waals surface area contributed by atoms with Crippen LogP contribution < -0.4 is 11.1 Å². The summed E-state index contributed by atoms with van der Waals surface area (Å²) in [6.07, 6.45) is 5.80. The van der Waals surface area contributed by atoms with Crippen molar-refractivity contribution in [2.24, 2.45) is 11.7 Å². The Morgan fingerprint density at radius 2 is 2.10 bits per heavy atom. The summed E-state index contributed by atoms with van der Waals surface area (Å²) in [6.45, 7) is 5.81. The van der Waals surface area contributed by atoms with E-state index in [9.17, 15) is 4.79 Å². The molecule has 1 amide bonds. The maximum absolute atomic E-state index is 12.0. The highest BCUT2D eigenvalue weighted by atomic mass is 16.5. The molecule has 0 radical (unpaired) electrons. The van der Waals surface area contributed by atoms with Gasteiger partial charge >= 0.3 is 0 Å². The SMILES string of the molecule is CCC1CCC(CN)(OC(C)C(=O)NCCCOC)CC1. The minimum atomic E-state index is -0.450. The molecule has 0 saturated heterocycles. The zero-order valence-corrected chi connectivity index (χ0v) is 13.8. The Labute approximate surface area is 128 Å². The molecule has 0 aromatic heterocycles. The van der Waals surface area contributed by atoms with Crippen LogP contribution in [0.5, 0.6) is 0 Å². The van der Waals surface area contributed by atoms with Gasteiger partial charge in [-0.25, -0.2) is 0 Å². The smallest absolute Gasteiger partial charge is 0.248 e. The first kappa shape index (κ1) is 18.4. The molecule has 0 heterocycles. The molecule has 5 nitrogen and oxygen atoms in total. The van der Waals surface area contributed by atoms with Gasteiger partial charge in [0.25, 0.3) is 0 Å². The number of nitrogens with two attached hydrogens (primary N) is 1. The van der Waals surface area contributed by atoms with Crippen LogP contribution in [0.15, 0.2) is 0 Å². The Kier molecular flexibility index (Phi) is 8.22. The molecular formula is C16H32N2O3. The first-order chi connectivity index (χ1) is 10.1. The van der Waals surface area contributed by atoms with Crippen LogP contribution in [0.4, 0.5) is 0 Å². The maximum Gasteiger partial charge on any atom is 0.248 e. The minimum Gasteiger partial charge on any atom is -0.385 e. The highest BCUT2D eigenvalue weighted by Crippen LogP contribution is 2.36. The molecule has 1 saturated carbocycles. The summed E-state index contributed by atoms with van der Waals surface area (Å²) in [4.78, 5) is 12.0. The van der Waals surface area contributed by atoms with Crippen LogP contribution in [0, 0.1) is 5.92 Å². The molecule has 3 N–H and O–H groups in total. The van der Waals surface area contributed by atoms with E-state index < -0.39 is 6.10 Å². The van der Waals surface area contributed by atoms with Crippen molar-refractivity contribution in [1.29, 1.82) is 0 Å². The van der Waals surface area contributed by atoms with Gasteiger partial charge < -0.3 is 20.5 Å². The van der Waals surface area contributed by atoms with Crippen LogP contribution in [-0.2, 0) is 14.3 Å². The Morgan fingerprint density at radius 1 is 1.43 bits per heavy atom. The monoisotopic (exact) mass is 300 g/mol. The van der Waals surface area contributed by atoms with Crippen molar-refractivity contribution >= 4 is 5.91 Å². The maximum atomic E-state index is 12.0. The van der Waals surface area contributed by atoms with E-state index in [1.165, 1.54) is 6.42 Å². The molecule has 21 heavy (non-hydrogen) atoms. The zero-order valence-electron chi connectivity index (χ0n) is 13.8. The van der Waals surface area contributed by atoms with Crippen molar-refractivity contribution in [2.75, 3.05) is 26.8 Å². The van der Waals surface area contributed by atoms with Crippen molar-refractivity contribution in [3.63, 3.8) is 0 Å². The van der Waals surface area contributed by atoms with Gasteiger partial charge in [-0.15, -0.1) is 0 Å². The second kappa shape index (κ2) is 9.38. The first-order valence-corrected chi connectivity index (χ1v) is 8.21. The van der Waals surface area contributed by atoms with E-state index in [2.05, 4.69) is 12.2 Å². The van der Waals surface area contributed by atoms with Gasteiger partial charge in [0.2, 0.25) is 5.91 Å². The van der Waals surface area contributed by atoms with Crippen molar-refractivity contribution in [2.45, 2.75) is 64.1 Å². The lowest BCUT2D eigenvalue weighted by Crippen LogP contribution is -2.49. The predicted octanol–water partition coefficient (Wildman–Crippen LogP) is 1.84. The number of rotatable bonds is 9. The van der Waals surface area contributed by atoms with Gasteiger partial charge in [0, 0.05) is 26.8 Å². The van der Waals surface area contributed by atoms with Crippen molar-refractivity contribution < 1.29 is 14.3 Å². The third kappa shape index (κ3) is 5.93. The first-order valence-electron chi connectivity index (χ1n) is 8.21.